The van der Waals surface area contributed by atoms with Crippen molar-refractivity contribution in [3.8, 4) is 0 Å². The Balaban J connectivity index is 2.33. The van der Waals surface area contributed by atoms with E-state index >= 15 is 0 Å². The summed E-state index contributed by atoms with van der Waals surface area (Å²) in [6, 6.07) is 13.8. The number of benzene rings is 2. The number of carbonyl (C=O) groups is 1. The lowest BCUT2D eigenvalue weighted by Crippen LogP contribution is -2.39. The summed E-state index contributed by atoms with van der Waals surface area (Å²) in [5.41, 5.74) is 6.29. The van der Waals surface area contributed by atoms with Crippen molar-refractivity contribution in [2.24, 2.45) is 5.73 Å². The number of nitrogens with two attached hydrogens (primary N) is 1. The minimum absolute atomic E-state index is 0.0127. The van der Waals surface area contributed by atoms with E-state index in [0.29, 0.717) is 12.1 Å². The van der Waals surface area contributed by atoms with Crippen molar-refractivity contribution in [2.45, 2.75) is 13.0 Å². The van der Waals surface area contributed by atoms with Gasteiger partial charge in [-0.05, 0) is 29.8 Å². The Hall–Kier alpha value is -1.87. The van der Waals surface area contributed by atoms with Gasteiger partial charge in [-0.2, -0.15) is 0 Å². The van der Waals surface area contributed by atoms with Gasteiger partial charge in [0.15, 0.2) is 0 Å². The average molecular weight is 242 g/mol. The molecule has 0 saturated carbocycles. The highest BCUT2D eigenvalue weighted by molar-refractivity contribution is 5.98. The van der Waals surface area contributed by atoms with Crippen molar-refractivity contribution in [1.82, 2.24) is 4.90 Å². The van der Waals surface area contributed by atoms with Gasteiger partial charge in [0.2, 0.25) is 0 Å². The predicted octanol–water partition coefficient (Wildman–Crippen LogP) is 2.26. The minimum Gasteiger partial charge on any atom is -0.338 e. The van der Waals surface area contributed by atoms with Crippen molar-refractivity contribution >= 4 is 16.7 Å². The smallest absolute Gasteiger partial charge is 0.253 e. The third-order valence-corrected chi connectivity index (χ3v) is 3.32. The van der Waals surface area contributed by atoms with Crippen LogP contribution < -0.4 is 5.73 Å². The highest BCUT2D eigenvalue weighted by Gasteiger charge is 2.16. The van der Waals surface area contributed by atoms with E-state index in [2.05, 4.69) is 0 Å². The van der Waals surface area contributed by atoms with Gasteiger partial charge in [-0.3, -0.25) is 4.79 Å². The largest absolute Gasteiger partial charge is 0.338 e. The second kappa shape index (κ2) is 5.19. The third kappa shape index (κ3) is 2.36. The van der Waals surface area contributed by atoms with E-state index < -0.39 is 0 Å². The first-order valence-electron chi connectivity index (χ1n) is 6.09. The summed E-state index contributed by atoms with van der Waals surface area (Å²) in [6.07, 6.45) is 0. The van der Waals surface area contributed by atoms with Crippen LogP contribution in [0.5, 0.6) is 0 Å². The molecule has 0 aliphatic heterocycles. The molecule has 1 amide bonds. The fraction of sp³-hybridized carbons (Fsp3) is 0.267. The van der Waals surface area contributed by atoms with Gasteiger partial charge in [0, 0.05) is 25.2 Å². The maximum absolute atomic E-state index is 12.3. The van der Waals surface area contributed by atoms with E-state index in [1.54, 1.807) is 11.9 Å². The fourth-order valence-corrected chi connectivity index (χ4v) is 1.88. The first-order chi connectivity index (χ1) is 8.63. The molecule has 0 spiro atoms. The summed E-state index contributed by atoms with van der Waals surface area (Å²) >= 11 is 0. The molecule has 2 rings (SSSR count). The van der Waals surface area contributed by atoms with E-state index in [9.17, 15) is 4.79 Å². The van der Waals surface area contributed by atoms with Crippen LogP contribution in [-0.2, 0) is 0 Å². The Morgan fingerprint density at radius 1 is 1.22 bits per heavy atom. The van der Waals surface area contributed by atoms with Crippen LogP contribution >= 0.6 is 0 Å². The Morgan fingerprint density at radius 2 is 1.89 bits per heavy atom. The topological polar surface area (TPSA) is 46.3 Å². The summed E-state index contributed by atoms with van der Waals surface area (Å²) in [6.45, 7) is 2.41. The standard InChI is InChI=1S/C15H18N2O/c1-11(10-16)17(2)15(18)14-8-7-12-5-3-4-6-13(12)9-14/h3-9,11H,10,16H2,1-2H3/t11-/m0/s1. The zero-order chi connectivity index (χ0) is 13.1. The van der Waals surface area contributed by atoms with Crippen molar-refractivity contribution in [3.05, 3.63) is 48.0 Å². The molecule has 94 valence electrons. The van der Waals surface area contributed by atoms with Crippen molar-refractivity contribution < 1.29 is 4.79 Å². The number of hydrogen-bond donors (Lipinski definition) is 1. The number of hydrogen-bond acceptors (Lipinski definition) is 2. The maximum atomic E-state index is 12.3. The highest BCUT2D eigenvalue weighted by atomic mass is 16.2. The van der Waals surface area contributed by atoms with Crippen LogP contribution in [-0.4, -0.2) is 30.4 Å². The third-order valence-electron chi connectivity index (χ3n) is 3.32. The molecule has 0 aliphatic carbocycles. The van der Waals surface area contributed by atoms with Crippen LogP contribution in [0.15, 0.2) is 42.5 Å². The molecule has 0 fully saturated rings. The van der Waals surface area contributed by atoms with Crippen molar-refractivity contribution in [1.29, 1.82) is 0 Å². The van der Waals surface area contributed by atoms with E-state index in [-0.39, 0.29) is 11.9 Å². The first kappa shape index (κ1) is 12.6. The molecule has 0 aromatic heterocycles. The second-order valence-corrected chi connectivity index (χ2v) is 4.56. The van der Waals surface area contributed by atoms with Crippen LogP contribution in [0.4, 0.5) is 0 Å². The van der Waals surface area contributed by atoms with E-state index in [4.69, 9.17) is 5.73 Å². The molecule has 0 radical (unpaired) electrons. The maximum Gasteiger partial charge on any atom is 0.253 e. The molecule has 0 unspecified atom stereocenters. The molecule has 2 aromatic carbocycles. The van der Waals surface area contributed by atoms with Crippen molar-refractivity contribution in [2.75, 3.05) is 13.6 Å². The van der Waals surface area contributed by atoms with Gasteiger partial charge >= 0.3 is 0 Å². The van der Waals surface area contributed by atoms with Gasteiger partial charge in [0.05, 0.1) is 0 Å². The summed E-state index contributed by atoms with van der Waals surface area (Å²) < 4.78 is 0. The van der Waals surface area contributed by atoms with E-state index in [0.717, 1.165) is 10.8 Å². The van der Waals surface area contributed by atoms with Crippen LogP contribution in [0.25, 0.3) is 10.8 Å². The molecule has 2 aromatic rings. The average Bonchev–Trinajstić information content (AvgIpc) is 2.44. The van der Waals surface area contributed by atoms with Gasteiger partial charge in [-0.15, -0.1) is 0 Å². The Bertz CT molecular complexity index is 565. The Kier molecular flexibility index (Phi) is 3.63. The van der Waals surface area contributed by atoms with Crippen LogP contribution in [0.2, 0.25) is 0 Å². The number of carbonyl (C=O) groups excluding carboxylic acids is 1. The van der Waals surface area contributed by atoms with E-state index in [1.165, 1.54) is 0 Å². The lowest BCUT2D eigenvalue weighted by molar-refractivity contribution is 0.0748. The lowest BCUT2D eigenvalue weighted by Gasteiger charge is -2.23. The Morgan fingerprint density at radius 3 is 2.56 bits per heavy atom. The predicted molar refractivity (Wildman–Crippen MR) is 74.6 cm³/mol. The summed E-state index contributed by atoms with van der Waals surface area (Å²) in [4.78, 5) is 13.9. The van der Waals surface area contributed by atoms with Gasteiger partial charge in [0.1, 0.15) is 0 Å². The molecule has 3 nitrogen and oxygen atoms in total. The van der Waals surface area contributed by atoms with Gasteiger partial charge in [-0.25, -0.2) is 0 Å². The summed E-state index contributed by atoms with van der Waals surface area (Å²) in [5, 5.41) is 2.22. The van der Waals surface area contributed by atoms with Crippen LogP contribution in [0.3, 0.4) is 0 Å². The molecule has 3 heteroatoms. The summed E-state index contributed by atoms with van der Waals surface area (Å²) in [7, 11) is 1.79. The quantitative estimate of drug-likeness (QED) is 0.897. The van der Waals surface area contributed by atoms with E-state index in [1.807, 2.05) is 49.4 Å². The number of amides is 1. The normalized spacial score (nSPS) is 12.4. The molecule has 0 heterocycles. The van der Waals surface area contributed by atoms with Gasteiger partial charge in [-0.1, -0.05) is 30.3 Å². The lowest BCUT2D eigenvalue weighted by atomic mass is 10.1. The molecule has 1 atom stereocenters. The minimum atomic E-state index is 0.0127. The van der Waals surface area contributed by atoms with Gasteiger partial charge < -0.3 is 10.6 Å². The molecule has 0 aliphatic rings. The van der Waals surface area contributed by atoms with Crippen LogP contribution in [0.1, 0.15) is 17.3 Å². The summed E-state index contributed by atoms with van der Waals surface area (Å²) in [5.74, 6) is 0.0127. The number of likely N-dealkylation sites (N-methyl/N-ethyl adjacent to an activating group) is 1. The first-order valence-corrected chi connectivity index (χ1v) is 6.09. The van der Waals surface area contributed by atoms with Crippen LogP contribution in [0, 0.1) is 0 Å². The Labute approximate surface area is 107 Å². The molecular weight excluding hydrogens is 224 g/mol. The molecule has 2 N–H and O–H groups in total. The molecule has 0 bridgehead atoms. The number of fused-ring (bicyclic) bond motifs is 1. The number of nitrogens with zero attached hydrogens (tertiary/aromatic N) is 1. The monoisotopic (exact) mass is 242 g/mol. The van der Waals surface area contributed by atoms with Crippen molar-refractivity contribution in [3.63, 3.8) is 0 Å². The number of rotatable bonds is 3. The zero-order valence-corrected chi connectivity index (χ0v) is 10.8. The second-order valence-electron chi connectivity index (χ2n) is 4.56. The molecule has 18 heavy (non-hydrogen) atoms. The highest BCUT2D eigenvalue weighted by Crippen LogP contribution is 2.17. The molecule has 0 saturated heterocycles. The van der Waals surface area contributed by atoms with Gasteiger partial charge in [0.25, 0.3) is 5.91 Å². The fourth-order valence-electron chi connectivity index (χ4n) is 1.88. The SMILES string of the molecule is C[C@@H](CN)N(C)C(=O)c1ccc2ccccc2c1. The zero-order valence-electron chi connectivity index (χ0n) is 10.8. The molecular formula is C15H18N2O.